The van der Waals surface area contributed by atoms with Crippen molar-refractivity contribution in [3.05, 3.63) is 50.8 Å². The van der Waals surface area contributed by atoms with Gasteiger partial charge in [0, 0.05) is 29.3 Å². The van der Waals surface area contributed by atoms with Crippen LogP contribution in [-0.2, 0) is 14.3 Å². The van der Waals surface area contributed by atoms with Gasteiger partial charge in [0.1, 0.15) is 5.75 Å². The second kappa shape index (κ2) is 7.15. The molecule has 0 saturated carbocycles. The first-order valence-corrected chi connectivity index (χ1v) is 9.63. The zero-order valence-corrected chi connectivity index (χ0v) is 17.8. The number of methoxy groups -OCH3 is 2. The Morgan fingerprint density at radius 3 is 2.56 bits per heavy atom. The van der Waals surface area contributed by atoms with Gasteiger partial charge in [-0.3, -0.25) is 4.79 Å². The minimum absolute atomic E-state index is 0.0691. The number of nitrogens with one attached hydrogen (secondary N) is 1. The molecule has 1 aromatic carbocycles. The highest BCUT2D eigenvalue weighted by molar-refractivity contribution is 9.10. The number of Topliss-reactive ketones (excluding diaryl/α,β-unsaturated/α-hetero) is 1. The molecule has 3 rings (SSSR count). The second-order valence-corrected chi connectivity index (χ2v) is 8.67. The van der Waals surface area contributed by atoms with Crippen LogP contribution in [0.15, 0.2) is 45.2 Å². The molecule has 0 bridgehead atoms. The summed E-state index contributed by atoms with van der Waals surface area (Å²) in [6.07, 6.45) is 1.21. The first kappa shape index (κ1) is 19.7. The van der Waals surface area contributed by atoms with Gasteiger partial charge in [-0.2, -0.15) is 0 Å². The molecule has 5 nitrogen and oxygen atoms in total. The molecule has 6 heteroatoms. The topological polar surface area (TPSA) is 64.6 Å². The third-order valence-electron chi connectivity index (χ3n) is 5.15. The predicted molar refractivity (Wildman–Crippen MR) is 106 cm³/mol. The summed E-state index contributed by atoms with van der Waals surface area (Å²) in [4.78, 5) is 25.7. The van der Waals surface area contributed by atoms with E-state index in [1.54, 1.807) is 7.11 Å². The molecule has 1 aromatic rings. The van der Waals surface area contributed by atoms with E-state index in [1.807, 2.05) is 25.1 Å². The standard InChI is InChI=1S/C21H24BrNO4/c1-11-17(20(25)27-5)18(12-6-7-16(26-4)13(22)8-12)19-14(23-11)9-21(2,3)10-15(19)24/h6-8,18,23H,9-10H2,1-5H3/t18-/m0/s1. The molecule has 0 saturated heterocycles. The number of hydrogen-bond donors (Lipinski definition) is 1. The number of halogens is 1. The maximum absolute atomic E-state index is 13.1. The van der Waals surface area contributed by atoms with Crippen LogP contribution in [0.3, 0.4) is 0 Å². The maximum Gasteiger partial charge on any atom is 0.336 e. The van der Waals surface area contributed by atoms with Gasteiger partial charge < -0.3 is 14.8 Å². The third-order valence-corrected chi connectivity index (χ3v) is 5.77. The highest BCUT2D eigenvalue weighted by Gasteiger charge is 2.43. The number of carbonyl (C=O) groups excluding carboxylic acids is 2. The van der Waals surface area contributed by atoms with Crippen LogP contribution in [0.25, 0.3) is 0 Å². The van der Waals surface area contributed by atoms with Crippen LogP contribution in [-0.4, -0.2) is 26.0 Å². The lowest BCUT2D eigenvalue weighted by Gasteiger charge is -2.39. The van der Waals surface area contributed by atoms with Crippen LogP contribution < -0.4 is 10.1 Å². The van der Waals surface area contributed by atoms with Gasteiger partial charge in [0.15, 0.2) is 5.78 Å². The van der Waals surface area contributed by atoms with Crippen molar-refractivity contribution in [2.24, 2.45) is 5.41 Å². The van der Waals surface area contributed by atoms with Crippen LogP contribution in [0.4, 0.5) is 0 Å². The van der Waals surface area contributed by atoms with Gasteiger partial charge in [-0.15, -0.1) is 0 Å². The zero-order valence-electron chi connectivity index (χ0n) is 16.2. The van der Waals surface area contributed by atoms with Crippen molar-refractivity contribution in [1.29, 1.82) is 0 Å². The van der Waals surface area contributed by atoms with Crippen LogP contribution in [0.2, 0.25) is 0 Å². The number of carbonyl (C=O) groups is 2. The molecule has 0 radical (unpaired) electrons. The van der Waals surface area contributed by atoms with E-state index in [0.29, 0.717) is 23.3 Å². The Kier molecular flexibility index (Phi) is 5.21. The van der Waals surface area contributed by atoms with Gasteiger partial charge in [-0.25, -0.2) is 4.79 Å². The highest BCUT2D eigenvalue weighted by atomic mass is 79.9. The Morgan fingerprint density at radius 1 is 1.26 bits per heavy atom. The molecule has 0 aromatic heterocycles. The number of dihydropyridines is 1. The SMILES string of the molecule is COC(=O)C1=C(C)NC2=C(C(=O)CC(C)(C)C2)[C@H]1c1ccc(OC)c(Br)c1. The van der Waals surface area contributed by atoms with Gasteiger partial charge in [0.2, 0.25) is 0 Å². The van der Waals surface area contributed by atoms with Crippen molar-refractivity contribution >= 4 is 27.7 Å². The van der Waals surface area contributed by atoms with Crippen molar-refractivity contribution < 1.29 is 19.1 Å². The lowest BCUT2D eigenvalue weighted by molar-refractivity contribution is -0.136. The molecule has 0 spiro atoms. The smallest absolute Gasteiger partial charge is 0.336 e. The molecule has 1 aliphatic heterocycles. The normalized spacial score (nSPS) is 21.6. The summed E-state index contributed by atoms with van der Waals surface area (Å²) in [5.74, 6) is -0.126. The van der Waals surface area contributed by atoms with E-state index in [1.165, 1.54) is 7.11 Å². The Labute approximate surface area is 167 Å². The second-order valence-electron chi connectivity index (χ2n) is 7.82. The lowest BCUT2D eigenvalue weighted by Crippen LogP contribution is -2.38. The van der Waals surface area contributed by atoms with Crippen molar-refractivity contribution in [1.82, 2.24) is 5.32 Å². The van der Waals surface area contributed by atoms with Gasteiger partial charge >= 0.3 is 5.97 Å². The molecular weight excluding hydrogens is 410 g/mol. The van der Waals surface area contributed by atoms with Crippen LogP contribution in [0, 0.1) is 5.41 Å². The summed E-state index contributed by atoms with van der Waals surface area (Å²) >= 11 is 3.51. The zero-order chi connectivity index (χ0) is 19.9. The van der Waals surface area contributed by atoms with Crippen molar-refractivity contribution in [2.75, 3.05) is 14.2 Å². The molecule has 1 N–H and O–H groups in total. The minimum atomic E-state index is -0.459. The van der Waals surface area contributed by atoms with Crippen LogP contribution in [0.1, 0.15) is 45.1 Å². The first-order chi connectivity index (χ1) is 12.7. The summed E-state index contributed by atoms with van der Waals surface area (Å²) in [5.41, 5.74) is 3.50. The average Bonchev–Trinajstić information content (AvgIpc) is 2.58. The summed E-state index contributed by atoms with van der Waals surface area (Å²) in [7, 11) is 2.96. The van der Waals surface area contributed by atoms with E-state index in [2.05, 4.69) is 35.1 Å². The summed E-state index contributed by atoms with van der Waals surface area (Å²) in [5, 5.41) is 3.31. The van der Waals surface area contributed by atoms with Crippen LogP contribution >= 0.6 is 15.9 Å². The van der Waals surface area contributed by atoms with Crippen LogP contribution in [0.5, 0.6) is 5.75 Å². The number of ketones is 1. The number of ether oxygens (including phenoxy) is 2. The number of benzene rings is 1. The van der Waals surface area contributed by atoms with Crippen molar-refractivity contribution in [3.8, 4) is 5.75 Å². The Bertz CT molecular complexity index is 882. The molecule has 144 valence electrons. The number of esters is 1. The molecular formula is C21H24BrNO4. The van der Waals surface area contributed by atoms with E-state index in [4.69, 9.17) is 9.47 Å². The molecule has 1 atom stereocenters. The van der Waals surface area contributed by atoms with Gasteiger partial charge in [-0.1, -0.05) is 19.9 Å². The largest absolute Gasteiger partial charge is 0.496 e. The molecule has 1 aliphatic carbocycles. The van der Waals surface area contributed by atoms with E-state index in [-0.39, 0.29) is 11.2 Å². The van der Waals surface area contributed by atoms with Gasteiger partial charge in [0.25, 0.3) is 0 Å². The summed E-state index contributed by atoms with van der Waals surface area (Å²) < 4.78 is 11.1. The van der Waals surface area contributed by atoms with E-state index >= 15 is 0 Å². The monoisotopic (exact) mass is 433 g/mol. The molecule has 0 fully saturated rings. The molecule has 2 aliphatic rings. The van der Waals surface area contributed by atoms with E-state index < -0.39 is 11.9 Å². The Morgan fingerprint density at radius 2 is 1.96 bits per heavy atom. The fraction of sp³-hybridized carbons (Fsp3) is 0.429. The lowest BCUT2D eigenvalue weighted by atomic mass is 9.68. The maximum atomic E-state index is 13.1. The minimum Gasteiger partial charge on any atom is -0.496 e. The van der Waals surface area contributed by atoms with Gasteiger partial charge in [-0.05, 0) is 52.4 Å². The molecule has 27 heavy (non-hydrogen) atoms. The summed E-state index contributed by atoms with van der Waals surface area (Å²) in [6, 6.07) is 5.64. The quantitative estimate of drug-likeness (QED) is 0.722. The molecule has 0 amide bonds. The first-order valence-electron chi connectivity index (χ1n) is 8.84. The van der Waals surface area contributed by atoms with Crippen molar-refractivity contribution in [3.63, 3.8) is 0 Å². The molecule has 1 heterocycles. The third kappa shape index (κ3) is 3.55. The molecule has 0 unspecified atom stereocenters. The fourth-order valence-corrected chi connectivity index (χ4v) is 4.57. The highest BCUT2D eigenvalue weighted by Crippen LogP contribution is 2.47. The Hall–Kier alpha value is -2.08. The number of rotatable bonds is 3. The predicted octanol–water partition coefficient (Wildman–Crippen LogP) is 4.23. The van der Waals surface area contributed by atoms with E-state index in [9.17, 15) is 9.59 Å². The summed E-state index contributed by atoms with van der Waals surface area (Å²) in [6.45, 7) is 6.03. The fourth-order valence-electron chi connectivity index (χ4n) is 4.01. The van der Waals surface area contributed by atoms with E-state index in [0.717, 1.165) is 27.9 Å². The number of allylic oxidation sites excluding steroid dienone is 3. The average molecular weight is 434 g/mol. The number of hydrogen-bond acceptors (Lipinski definition) is 5. The Balaban J connectivity index is 2.21. The van der Waals surface area contributed by atoms with Gasteiger partial charge in [0.05, 0.1) is 24.3 Å². The van der Waals surface area contributed by atoms with Crippen molar-refractivity contribution in [2.45, 2.75) is 39.5 Å².